The molecule has 10 heteroatoms. The van der Waals surface area contributed by atoms with Gasteiger partial charge in [0.25, 0.3) is 5.91 Å². The van der Waals surface area contributed by atoms with Crippen molar-refractivity contribution in [1.29, 1.82) is 0 Å². The molecule has 0 aliphatic carbocycles. The van der Waals surface area contributed by atoms with E-state index in [2.05, 4.69) is 10.6 Å². The highest BCUT2D eigenvalue weighted by Gasteiger charge is 2.13. The molecule has 0 aliphatic heterocycles. The number of anilines is 1. The molecule has 0 heterocycles. The molecule has 0 aromatic heterocycles. The molecule has 31 heavy (non-hydrogen) atoms. The van der Waals surface area contributed by atoms with Crippen molar-refractivity contribution >= 4 is 17.6 Å². The van der Waals surface area contributed by atoms with E-state index < -0.39 is 18.2 Å². The molecule has 3 amide bonds. The molecule has 10 nitrogen and oxygen atoms in total. The minimum absolute atomic E-state index is 0.0366. The van der Waals surface area contributed by atoms with Crippen LogP contribution in [0.15, 0.2) is 42.5 Å². The first-order valence-corrected chi connectivity index (χ1v) is 9.57. The Balaban J connectivity index is 1.75. The Labute approximate surface area is 180 Å². The normalized spacial score (nSPS) is 12.5. The molecule has 0 bridgehead atoms. The van der Waals surface area contributed by atoms with Gasteiger partial charge in [-0.15, -0.1) is 0 Å². The smallest absolute Gasteiger partial charge is 0.321 e. The third-order valence-corrected chi connectivity index (χ3v) is 4.14. The number of aliphatic hydroxyl groups excluding tert-OH is 1. The quantitative estimate of drug-likeness (QED) is 0.356. The Bertz CT molecular complexity index is 888. The predicted octanol–water partition coefficient (Wildman–Crippen LogP) is 1.34. The zero-order valence-corrected chi connectivity index (χ0v) is 17.7. The van der Waals surface area contributed by atoms with Crippen LogP contribution >= 0.6 is 0 Å². The molecule has 2 rings (SSSR count). The molecule has 0 saturated carbocycles. The number of hydrogen-bond acceptors (Lipinski definition) is 7. The van der Waals surface area contributed by atoms with Crippen LogP contribution in [0.1, 0.15) is 17.3 Å². The Morgan fingerprint density at radius 3 is 2.39 bits per heavy atom. The van der Waals surface area contributed by atoms with Crippen LogP contribution in [-0.2, 0) is 0 Å². The largest absolute Gasteiger partial charge is 0.507 e. The van der Waals surface area contributed by atoms with Crippen LogP contribution < -0.4 is 25.8 Å². The van der Waals surface area contributed by atoms with Gasteiger partial charge in [0, 0.05) is 26.3 Å². The summed E-state index contributed by atoms with van der Waals surface area (Å²) in [5.41, 5.74) is 5.79. The lowest BCUT2D eigenvalue weighted by atomic mass is 10.2. The summed E-state index contributed by atoms with van der Waals surface area (Å²) in [6, 6.07) is 10.7. The maximum atomic E-state index is 11.6. The number of amides is 3. The van der Waals surface area contributed by atoms with E-state index in [1.807, 2.05) is 0 Å². The summed E-state index contributed by atoms with van der Waals surface area (Å²) in [6.07, 6.45) is -1.29. The molecular weight excluding hydrogens is 404 g/mol. The van der Waals surface area contributed by atoms with Gasteiger partial charge in [-0.3, -0.25) is 10.1 Å². The molecule has 0 fully saturated rings. The van der Waals surface area contributed by atoms with Gasteiger partial charge in [0.05, 0.1) is 5.56 Å². The van der Waals surface area contributed by atoms with Crippen molar-refractivity contribution in [1.82, 2.24) is 10.2 Å². The second-order valence-electron chi connectivity index (χ2n) is 7.03. The summed E-state index contributed by atoms with van der Waals surface area (Å²) in [7, 11) is 3.30. The summed E-state index contributed by atoms with van der Waals surface area (Å²) < 4.78 is 11.2. The van der Waals surface area contributed by atoms with E-state index in [0.29, 0.717) is 17.2 Å². The first kappa shape index (κ1) is 23.8. The highest BCUT2D eigenvalue weighted by Crippen LogP contribution is 2.23. The fraction of sp³-hybridized carbons (Fsp3) is 0.333. The number of aromatic hydroxyl groups is 1. The number of rotatable bonds is 10. The first-order chi connectivity index (χ1) is 14.7. The third-order valence-electron chi connectivity index (χ3n) is 4.14. The lowest BCUT2D eigenvalue weighted by Gasteiger charge is -2.19. The Morgan fingerprint density at radius 2 is 1.77 bits per heavy atom. The number of urea groups is 1. The van der Waals surface area contributed by atoms with Crippen molar-refractivity contribution in [2.75, 3.05) is 32.6 Å². The standard InChI is InChI=1S/C21H28N4O6/c1-13(31-17-8-9-19(27)18(10-17)20(22)28)23-11-15(26)12-30-16-6-4-14(5-7-16)24-21(29)25(2)3/h4-10,13,15,23,26-27H,11-12H2,1-3H3,(H2,22,28)(H,24,29). The average molecular weight is 432 g/mol. The lowest BCUT2D eigenvalue weighted by Crippen LogP contribution is -2.39. The summed E-state index contributed by atoms with van der Waals surface area (Å²) in [5, 5.41) is 25.4. The van der Waals surface area contributed by atoms with Gasteiger partial charge in [-0.1, -0.05) is 0 Å². The van der Waals surface area contributed by atoms with Gasteiger partial charge < -0.3 is 35.6 Å². The second-order valence-corrected chi connectivity index (χ2v) is 7.03. The number of nitrogens with zero attached hydrogens (tertiary/aromatic N) is 1. The van der Waals surface area contributed by atoms with Crippen molar-refractivity contribution in [3.63, 3.8) is 0 Å². The monoisotopic (exact) mass is 432 g/mol. The Hall–Kier alpha value is -3.50. The fourth-order valence-corrected chi connectivity index (χ4v) is 2.45. The van der Waals surface area contributed by atoms with Crippen molar-refractivity contribution < 1.29 is 29.3 Å². The highest BCUT2D eigenvalue weighted by molar-refractivity contribution is 5.95. The van der Waals surface area contributed by atoms with E-state index in [-0.39, 0.29) is 30.5 Å². The van der Waals surface area contributed by atoms with E-state index in [0.717, 1.165) is 0 Å². The predicted molar refractivity (Wildman–Crippen MR) is 115 cm³/mol. The molecule has 0 saturated heterocycles. The van der Waals surface area contributed by atoms with Crippen molar-refractivity contribution in [3.8, 4) is 17.2 Å². The van der Waals surface area contributed by atoms with Gasteiger partial charge in [-0.25, -0.2) is 4.79 Å². The molecule has 168 valence electrons. The van der Waals surface area contributed by atoms with Crippen LogP contribution in [-0.4, -0.2) is 66.6 Å². The van der Waals surface area contributed by atoms with Gasteiger partial charge in [0.2, 0.25) is 0 Å². The van der Waals surface area contributed by atoms with Gasteiger partial charge in [0.15, 0.2) is 0 Å². The number of nitrogens with one attached hydrogen (secondary N) is 2. The van der Waals surface area contributed by atoms with Crippen molar-refractivity contribution in [2.24, 2.45) is 5.73 Å². The van der Waals surface area contributed by atoms with Crippen LogP contribution in [0.4, 0.5) is 10.5 Å². The van der Waals surface area contributed by atoms with E-state index in [1.165, 1.54) is 23.1 Å². The van der Waals surface area contributed by atoms with Crippen LogP contribution in [0.5, 0.6) is 17.2 Å². The number of aliphatic hydroxyl groups is 1. The van der Waals surface area contributed by atoms with Crippen LogP contribution in [0, 0.1) is 0 Å². The molecule has 2 unspecified atom stereocenters. The second kappa shape index (κ2) is 11.0. The van der Waals surface area contributed by atoms with Gasteiger partial charge in [-0.2, -0.15) is 0 Å². The third kappa shape index (κ3) is 7.68. The number of hydrogen-bond donors (Lipinski definition) is 5. The Morgan fingerprint density at radius 1 is 1.13 bits per heavy atom. The Kier molecular flexibility index (Phi) is 8.47. The first-order valence-electron chi connectivity index (χ1n) is 9.57. The minimum Gasteiger partial charge on any atom is -0.507 e. The van der Waals surface area contributed by atoms with E-state index in [9.17, 15) is 19.8 Å². The highest BCUT2D eigenvalue weighted by atomic mass is 16.5. The van der Waals surface area contributed by atoms with Gasteiger partial charge in [-0.05, 0) is 49.4 Å². The maximum absolute atomic E-state index is 11.6. The zero-order valence-electron chi connectivity index (χ0n) is 17.7. The topological polar surface area (TPSA) is 146 Å². The van der Waals surface area contributed by atoms with Gasteiger partial charge >= 0.3 is 6.03 Å². The number of carbonyl (C=O) groups is 2. The fourth-order valence-electron chi connectivity index (χ4n) is 2.45. The maximum Gasteiger partial charge on any atom is 0.321 e. The van der Waals surface area contributed by atoms with E-state index in [4.69, 9.17) is 15.2 Å². The van der Waals surface area contributed by atoms with E-state index >= 15 is 0 Å². The number of nitrogens with two attached hydrogens (primary N) is 1. The van der Waals surface area contributed by atoms with Crippen LogP contribution in [0.2, 0.25) is 0 Å². The number of phenols is 1. The van der Waals surface area contributed by atoms with Gasteiger partial charge in [0.1, 0.15) is 36.2 Å². The average Bonchev–Trinajstić information content (AvgIpc) is 2.72. The molecule has 6 N–H and O–H groups in total. The zero-order chi connectivity index (χ0) is 23.0. The number of benzene rings is 2. The molecule has 2 aromatic carbocycles. The molecule has 0 spiro atoms. The number of ether oxygens (including phenoxy) is 2. The molecule has 2 atom stereocenters. The van der Waals surface area contributed by atoms with Crippen LogP contribution in [0.25, 0.3) is 0 Å². The minimum atomic E-state index is -0.805. The van der Waals surface area contributed by atoms with Crippen molar-refractivity contribution in [2.45, 2.75) is 19.3 Å². The number of carbonyl (C=O) groups excluding carboxylic acids is 2. The number of primary amides is 1. The molecule has 0 aliphatic rings. The molecule has 0 radical (unpaired) electrons. The van der Waals surface area contributed by atoms with Crippen molar-refractivity contribution in [3.05, 3.63) is 48.0 Å². The SMILES string of the molecule is CC(NCC(O)COc1ccc(NC(=O)N(C)C)cc1)Oc1ccc(O)c(C(N)=O)c1. The summed E-state index contributed by atoms with van der Waals surface area (Å²) in [4.78, 5) is 24.3. The summed E-state index contributed by atoms with van der Waals surface area (Å²) in [6.45, 7) is 1.97. The molecular formula is C21H28N4O6. The summed E-state index contributed by atoms with van der Waals surface area (Å²) >= 11 is 0. The summed E-state index contributed by atoms with van der Waals surface area (Å²) in [5.74, 6) is -0.0848. The molecule has 2 aromatic rings. The van der Waals surface area contributed by atoms with Crippen LogP contribution in [0.3, 0.4) is 0 Å². The van der Waals surface area contributed by atoms with E-state index in [1.54, 1.807) is 45.3 Å². The lowest BCUT2D eigenvalue weighted by molar-refractivity contribution is 0.0866.